The summed E-state index contributed by atoms with van der Waals surface area (Å²) in [4.78, 5) is 3.39. The van der Waals surface area contributed by atoms with Crippen molar-refractivity contribution in [3.05, 3.63) is 28.7 Å². The number of nitrogens with one attached hydrogen (secondary N) is 1. The summed E-state index contributed by atoms with van der Waals surface area (Å²) in [5.74, 6) is 0. The van der Waals surface area contributed by atoms with E-state index in [0.717, 1.165) is 4.47 Å². The summed E-state index contributed by atoms with van der Waals surface area (Å²) in [6.07, 6.45) is -4.67. The fraction of sp³-hybridized carbons (Fsp3) is 0.143. The average molecular weight is 256 g/mol. The van der Waals surface area contributed by atoms with Gasteiger partial charge in [-0.25, -0.2) is 0 Å². The number of hydrogen-bond donors (Lipinski definition) is 1. The van der Waals surface area contributed by atoms with Crippen molar-refractivity contribution in [2.45, 2.75) is 6.36 Å². The van der Waals surface area contributed by atoms with Crippen LogP contribution in [-0.2, 0) is 4.84 Å². The first-order chi connectivity index (χ1) is 5.97. The van der Waals surface area contributed by atoms with Crippen LogP contribution in [0.25, 0.3) is 0 Å². The second-order valence-corrected chi connectivity index (χ2v) is 3.07. The van der Waals surface area contributed by atoms with Gasteiger partial charge in [-0.05, 0) is 24.3 Å². The van der Waals surface area contributed by atoms with E-state index in [2.05, 4.69) is 20.8 Å². The third-order valence-electron chi connectivity index (χ3n) is 1.13. The van der Waals surface area contributed by atoms with E-state index in [1.54, 1.807) is 17.6 Å². The molecule has 0 atom stereocenters. The quantitative estimate of drug-likeness (QED) is 0.819. The van der Waals surface area contributed by atoms with Gasteiger partial charge in [0.2, 0.25) is 0 Å². The maximum absolute atomic E-state index is 11.5. The molecule has 0 aliphatic rings. The van der Waals surface area contributed by atoms with Crippen molar-refractivity contribution in [3.63, 3.8) is 0 Å². The number of rotatable bonds is 2. The minimum Gasteiger partial charge on any atom is -0.258 e. The van der Waals surface area contributed by atoms with Crippen molar-refractivity contribution in [2.75, 3.05) is 5.48 Å². The molecule has 0 saturated carbocycles. The first-order valence-corrected chi connectivity index (χ1v) is 4.03. The fourth-order valence-corrected chi connectivity index (χ4v) is 0.899. The van der Waals surface area contributed by atoms with E-state index >= 15 is 0 Å². The highest BCUT2D eigenvalue weighted by molar-refractivity contribution is 9.10. The number of halogens is 4. The zero-order valence-corrected chi connectivity index (χ0v) is 7.82. The SMILES string of the molecule is FC(F)(F)ONc1ccc(Br)cc1. The average Bonchev–Trinajstić information content (AvgIpc) is 2.02. The zero-order chi connectivity index (χ0) is 9.90. The van der Waals surface area contributed by atoms with Gasteiger partial charge in [0.15, 0.2) is 0 Å². The molecule has 2 nitrogen and oxygen atoms in total. The van der Waals surface area contributed by atoms with Crippen LogP contribution < -0.4 is 5.48 Å². The van der Waals surface area contributed by atoms with E-state index in [1.807, 2.05) is 0 Å². The molecule has 0 spiro atoms. The topological polar surface area (TPSA) is 21.3 Å². The zero-order valence-electron chi connectivity index (χ0n) is 6.23. The van der Waals surface area contributed by atoms with Crippen molar-refractivity contribution in [2.24, 2.45) is 0 Å². The Morgan fingerprint density at radius 1 is 1.15 bits per heavy atom. The summed E-state index contributed by atoms with van der Waals surface area (Å²) in [6.45, 7) is 0. The van der Waals surface area contributed by atoms with Gasteiger partial charge in [0.1, 0.15) is 0 Å². The van der Waals surface area contributed by atoms with Crippen molar-refractivity contribution in [1.82, 2.24) is 0 Å². The Labute approximate surface area is 80.8 Å². The molecule has 1 aromatic carbocycles. The molecule has 1 aromatic rings. The summed E-state index contributed by atoms with van der Waals surface area (Å²) in [7, 11) is 0. The van der Waals surface area contributed by atoms with Crippen LogP contribution in [0.15, 0.2) is 28.7 Å². The van der Waals surface area contributed by atoms with E-state index in [1.165, 1.54) is 12.1 Å². The molecule has 0 unspecified atom stereocenters. The highest BCUT2D eigenvalue weighted by atomic mass is 79.9. The van der Waals surface area contributed by atoms with E-state index < -0.39 is 6.36 Å². The molecular weight excluding hydrogens is 251 g/mol. The van der Waals surface area contributed by atoms with Gasteiger partial charge in [-0.15, -0.1) is 13.2 Å². The Morgan fingerprint density at radius 3 is 2.15 bits per heavy atom. The summed E-state index contributed by atoms with van der Waals surface area (Å²) in [5, 5.41) is 0. The molecule has 13 heavy (non-hydrogen) atoms. The van der Waals surface area contributed by atoms with Gasteiger partial charge in [-0.2, -0.15) is 4.84 Å². The molecule has 0 radical (unpaired) electrons. The third-order valence-corrected chi connectivity index (χ3v) is 1.66. The van der Waals surface area contributed by atoms with Crippen LogP contribution in [-0.4, -0.2) is 6.36 Å². The van der Waals surface area contributed by atoms with Gasteiger partial charge < -0.3 is 0 Å². The van der Waals surface area contributed by atoms with Crippen LogP contribution in [0.4, 0.5) is 18.9 Å². The van der Waals surface area contributed by atoms with Crippen LogP contribution in [0.2, 0.25) is 0 Å². The van der Waals surface area contributed by atoms with Gasteiger partial charge in [-0.1, -0.05) is 15.9 Å². The first kappa shape index (κ1) is 10.3. The molecule has 72 valence electrons. The maximum Gasteiger partial charge on any atom is 0.543 e. The number of hydrogen-bond acceptors (Lipinski definition) is 2. The molecule has 0 aliphatic heterocycles. The van der Waals surface area contributed by atoms with Gasteiger partial charge >= 0.3 is 6.36 Å². The van der Waals surface area contributed by atoms with Crippen molar-refractivity contribution in [3.8, 4) is 0 Å². The molecular formula is C7H5BrF3NO. The van der Waals surface area contributed by atoms with Gasteiger partial charge in [0, 0.05) is 4.47 Å². The Kier molecular flexibility index (Phi) is 3.16. The fourth-order valence-electron chi connectivity index (χ4n) is 0.635. The molecule has 0 aliphatic carbocycles. The molecule has 0 bridgehead atoms. The van der Waals surface area contributed by atoms with E-state index in [0.29, 0.717) is 0 Å². The Balaban J connectivity index is 2.51. The van der Waals surface area contributed by atoms with E-state index in [9.17, 15) is 13.2 Å². The molecule has 0 heterocycles. The second kappa shape index (κ2) is 3.97. The maximum atomic E-state index is 11.5. The van der Waals surface area contributed by atoms with E-state index in [-0.39, 0.29) is 5.69 Å². The molecule has 1 N–H and O–H groups in total. The lowest BCUT2D eigenvalue weighted by atomic mass is 10.3. The summed E-state index contributed by atoms with van der Waals surface area (Å²) in [5.41, 5.74) is 2.00. The number of anilines is 1. The highest BCUT2D eigenvalue weighted by Crippen LogP contribution is 2.19. The molecule has 0 saturated heterocycles. The summed E-state index contributed by atoms with van der Waals surface area (Å²) >= 11 is 3.15. The molecule has 0 aromatic heterocycles. The normalized spacial score (nSPS) is 11.4. The molecule has 0 amide bonds. The van der Waals surface area contributed by atoms with Gasteiger partial charge in [0.05, 0.1) is 5.69 Å². The molecule has 0 fully saturated rings. The minimum absolute atomic E-state index is 0.237. The monoisotopic (exact) mass is 255 g/mol. The van der Waals surface area contributed by atoms with Crippen molar-refractivity contribution < 1.29 is 18.0 Å². The Bertz CT molecular complexity index is 272. The van der Waals surface area contributed by atoms with Crippen LogP contribution in [0.1, 0.15) is 0 Å². The predicted molar refractivity (Wildman–Crippen MR) is 44.9 cm³/mol. The smallest absolute Gasteiger partial charge is 0.258 e. The van der Waals surface area contributed by atoms with Gasteiger partial charge in [0.25, 0.3) is 0 Å². The Hall–Kier alpha value is -0.750. The van der Waals surface area contributed by atoms with Crippen LogP contribution in [0, 0.1) is 0 Å². The number of alkyl halides is 3. The largest absolute Gasteiger partial charge is 0.543 e. The van der Waals surface area contributed by atoms with Crippen LogP contribution >= 0.6 is 15.9 Å². The second-order valence-electron chi connectivity index (χ2n) is 2.16. The highest BCUT2D eigenvalue weighted by Gasteiger charge is 2.29. The van der Waals surface area contributed by atoms with Crippen molar-refractivity contribution >= 4 is 21.6 Å². The third kappa shape index (κ3) is 4.14. The lowest BCUT2D eigenvalue weighted by Crippen LogP contribution is -2.17. The molecule has 1 rings (SSSR count). The standard InChI is InChI=1S/C7H5BrF3NO/c8-5-1-3-6(4-2-5)12-13-7(9,10)11/h1-4,12H. The van der Waals surface area contributed by atoms with Gasteiger partial charge in [-0.3, -0.25) is 5.48 Å². The van der Waals surface area contributed by atoms with Crippen LogP contribution in [0.5, 0.6) is 0 Å². The summed E-state index contributed by atoms with van der Waals surface area (Å²) in [6, 6.07) is 6.11. The van der Waals surface area contributed by atoms with Crippen molar-refractivity contribution in [1.29, 1.82) is 0 Å². The summed E-state index contributed by atoms with van der Waals surface area (Å²) < 4.78 is 35.4. The predicted octanol–water partition coefficient (Wildman–Crippen LogP) is 3.31. The lowest BCUT2D eigenvalue weighted by molar-refractivity contribution is -0.311. The van der Waals surface area contributed by atoms with Crippen LogP contribution in [0.3, 0.4) is 0 Å². The van der Waals surface area contributed by atoms with E-state index in [4.69, 9.17) is 0 Å². The number of benzene rings is 1. The minimum atomic E-state index is -4.67. The Morgan fingerprint density at radius 2 is 1.69 bits per heavy atom. The lowest BCUT2D eigenvalue weighted by Gasteiger charge is -2.08. The first-order valence-electron chi connectivity index (χ1n) is 3.24. The molecule has 6 heteroatoms.